The van der Waals surface area contributed by atoms with Gasteiger partial charge in [-0.2, -0.15) is 5.10 Å². The molecule has 1 amide bonds. The van der Waals surface area contributed by atoms with Gasteiger partial charge in [-0.25, -0.2) is 0 Å². The molecule has 0 bridgehead atoms. The Labute approximate surface area is 125 Å². The molecule has 0 spiro atoms. The predicted molar refractivity (Wildman–Crippen MR) is 80.3 cm³/mol. The maximum absolute atomic E-state index is 12.0. The van der Waals surface area contributed by atoms with Crippen LogP contribution in [0.25, 0.3) is 0 Å². The lowest BCUT2D eigenvalue weighted by atomic mass is 10.2. The SMILES string of the molecule is CCCc1cc(NC(=O)c2cc(Br)c(Br)s2)n[nH]1. The molecule has 0 fully saturated rings. The van der Waals surface area contributed by atoms with Crippen LogP contribution in [0.1, 0.15) is 28.7 Å². The van der Waals surface area contributed by atoms with Crippen molar-refractivity contribution >= 4 is 54.9 Å². The number of hydrogen-bond donors (Lipinski definition) is 2. The number of nitrogens with one attached hydrogen (secondary N) is 2. The molecule has 0 unspecified atom stereocenters. The third kappa shape index (κ3) is 3.21. The molecule has 0 aliphatic rings. The van der Waals surface area contributed by atoms with Crippen molar-refractivity contribution in [3.63, 3.8) is 0 Å². The molecule has 0 saturated carbocycles. The van der Waals surface area contributed by atoms with Crippen LogP contribution in [-0.2, 0) is 6.42 Å². The van der Waals surface area contributed by atoms with Crippen molar-refractivity contribution in [1.82, 2.24) is 10.2 Å². The van der Waals surface area contributed by atoms with E-state index in [1.807, 2.05) is 6.07 Å². The number of carbonyl (C=O) groups excluding carboxylic acids is 1. The monoisotopic (exact) mass is 391 g/mol. The molecule has 0 saturated heterocycles. The Balaban J connectivity index is 2.06. The smallest absolute Gasteiger partial charge is 0.267 e. The van der Waals surface area contributed by atoms with Crippen LogP contribution in [0.3, 0.4) is 0 Å². The number of rotatable bonds is 4. The standard InChI is InChI=1S/C11H11Br2N3OS/c1-2-3-6-4-9(16-15-6)14-11(17)8-5-7(12)10(13)18-8/h4-5H,2-3H2,1H3,(H2,14,15,16,17). The first kappa shape index (κ1) is 13.8. The van der Waals surface area contributed by atoms with Crippen molar-refractivity contribution in [3.05, 3.63) is 31.0 Å². The summed E-state index contributed by atoms with van der Waals surface area (Å²) in [5.41, 5.74) is 1.03. The molecule has 2 N–H and O–H groups in total. The number of hydrogen-bond acceptors (Lipinski definition) is 3. The Kier molecular flexibility index (Phi) is 4.58. The van der Waals surface area contributed by atoms with Crippen molar-refractivity contribution in [3.8, 4) is 0 Å². The second-order valence-corrected chi connectivity index (χ2v) is 6.94. The third-order valence-electron chi connectivity index (χ3n) is 2.26. The largest absolute Gasteiger partial charge is 0.304 e. The summed E-state index contributed by atoms with van der Waals surface area (Å²) < 4.78 is 1.78. The van der Waals surface area contributed by atoms with Crippen LogP contribution in [0.4, 0.5) is 5.82 Å². The number of aromatic nitrogens is 2. The lowest BCUT2D eigenvalue weighted by molar-refractivity contribution is 0.103. The zero-order valence-corrected chi connectivity index (χ0v) is 13.6. The molecule has 7 heteroatoms. The van der Waals surface area contributed by atoms with E-state index in [1.54, 1.807) is 6.07 Å². The molecule has 18 heavy (non-hydrogen) atoms. The maximum Gasteiger partial charge on any atom is 0.267 e. The molecule has 2 rings (SSSR count). The Morgan fingerprint density at radius 2 is 2.28 bits per heavy atom. The van der Waals surface area contributed by atoms with Gasteiger partial charge in [-0.1, -0.05) is 13.3 Å². The molecule has 2 aromatic heterocycles. The average Bonchev–Trinajstić information content (AvgIpc) is 2.88. The van der Waals surface area contributed by atoms with Crippen LogP contribution >= 0.6 is 43.2 Å². The molecule has 0 aliphatic carbocycles. The van der Waals surface area contributed by atoms with Crippen molar-refractivity contribution in [2.75, 3.05) is 5.32 Å². The van der Waals surface area contributed by atoms with Crippen LogP contribution in [0.15, 0.2) is 20.4 Å². The second kappa shape index (κ2) is 5.99. The predicted octanol–water partition coefficient (Wildman–Crippen LogP) is 4.20. The number of anilines is 1. The van der Waals surface area contributed by atoms with Crippen molar-refractivity contribution in [2.24, 2.45) is 0 Å². The Morgan fingerprint density at radius 1 is 1.50 bits per heavy atom. The quantitative estimate of drug-likeness (QED) is 0.818. The fraction of sp³-hybridized carbons (Fsp3) is 0.273. The number of amides is 1. The van der Waals surface area contributed by atoms with Gasteiger partial charge in [0.15, 0.2) is 5.82 Å². The minimum atomic E-state index is -0.152. The van der Waals surface area contributed by atoms with E-state index < -0.39 is 0 Å². The number of aryl methyl sites for hydroxylation is 1. The van der Waals surface area contributed by atoms with Gasteiger partial charge >= 0.3 is 0 Å². The third-order valence-corrected chi connectivity index (χ3v) is 5.52. The topological polar surface area (TPSA) is 57.8 Å². The summed E-state index contributed by atoms with van der Waals surface area (Å²) in [5, 5.41) is 9.72. The maximum atomic E-state index is 12.0. The number of thiophene rings is 1. The normalized spacial score (nSPS) is 10.6. The Morgan fingerprint density at radius 3 is 2.89 bits per heavy atom. The van der Waals surface area contributed by atoms with Crippen LogP contribution < -0.4 is 5.32 Å². The highest BCUT2D eigenvalue weighted by Crippen LogP contribution is 2.32. The van der Waals surface area contributed by atoms with Gasteiger partial charge in [-0.3, -0.25) is 9.89 Å². The summed E-state index contributed by atoms with van der Waals surface area (Å²) in [6, 6.07) is 3.64. The zero-order valence-electron chi connectivity index (χ0n) is 9.59. The van der Waals surface area contributed by atoms with Gasteiger partial charge in [0.2, 0.25) is 0 Å². The van der Waals surface area contributed by atoms with Crippen molar-refractivity contribution in [1.29, 1.82) is 0 Å². The average molecular weight is 393 g/mol. The second-order valence-electron chi connectivity index (χ2n) is 3.71. The lowest BCUT2D eigenvalue weighted by Gasteiger charge is -1.97. The number of halogens is 2. The molecule has 0 atom stereocenters. The minimum Gasteiger partial charge on any atom is -0.304 e. The van der Waals surface area contributed by atoms with E-state index in [0.717, 1.165) is 26.8 Å². The van der Waals surface area contributed by atoms with Gasteiger partial charge in [0, 0.05) is 16.2 Å². The number of aromatic amines is 1. The van der Waals surface area contributed by atoms with Gasteiger partial charge in [-0.05, 0) is 44.3 Å². The van der Waals surface area contributed by atoms with Crippen molar-refractivity contribution in [2.45, 2.75) is 19.8 Å². The van der Waals surface area contributed by atoms with E-state index in [-0.39, 0.29) is 5.91 Å². The van der Waals surface area contributed by atoms with E-state index in [1.165, 1.54) is 11.3 Å². The first-order valence-electron chi connectivity index (χ1n) is 5.40. The number of H-pyrrole nitrogens is 1. The Bertz CT molecular complexity index is 545. The van der Waals surface area contributed by atoms with Gasteiger partial charge in [0.25, 0.3) is 5.91 Å². The summed E-state index contributed by atoms with van der Waals surface area (Å²) >= 11 is 8.10. The summed E-state index contributed by atoms with van der Waals surface area (Å²) in [6.45, 7) is 2.10. The molecule has 0 aromatic carbocycles. The van der Waals surface area contributed by atoms with Gasteiger partial charge in [0.05, 0.1) is 8.66 Å². The molecule has 0 aliphatic heterocycles. The fourth-order valence-electron chi connectivity index (χ4n) is 1.46. The highest BCUT2D eigenvalue weighted by molar-refractivity contribution is 9.13. The lowest BCUT2D eigenvalue weighted by Crippen LogP contribution is -2.10. The van der Waals surface area contributed by atoms with Crippen LogP contribution in [0.5, 0.6) is 0 Å². The molecule has 2 aromatic rings. The fourth-order valence-corrected chi connectivity index (χ4v) is 3.39. The van der Waals surface area contributed by atoms with Crippen LogP contribution in [-0.4, -0.2) is 16.1 Å². The van der Waals surface area contributed by atoms with Crippen LogP contribution in [0, 0.1) is 0 Å². The zero-order chi connectivity index (χ0) is 13.1. The van der Waals surface area contributed by atoms with Crippen molar-refractivity contribution < 1.29 is 4.79 Å². The highest BCUT2D eigenvalue weighted by Gasteiger charge is 2.13. The van der Waals surface area contributed by atoms with Gasteiger partial charge in [0.1, 0.15) is 0 Å². The number of carbonyl (C=O) groups is 1. The molecular weight excluding hydrogens is 382 g/mol. The summed E-state index contributed by atoms with van der Waals surface area (Å²) in [6.07, 6.45) is 1.97. The minimum absolute atomic E-state index is 0.152. The Hall–Kier alpha value is -0.660. The highest BCUT2D eigenvalue weighted by atomic mass is 79.9. The van der Waals surface area contributed by atoms with E-state index in [2.05, 4.69) is 54.3 Å². The summed E-state index contributed by atoms with van der Waals surface area (Å²) in [4.78, 5) is 12.6. The summed E-state index contributed by atoms with van der Waals surface area (Å²) in [5.74, 6) is 0.407. The molecule has 0 radical (unpaired) electrons. The first-order chi connectivity index (χ1) is 8.60. The van der Waals surface area contributed by atoms with Gasteiger partial charge < -0.3 is 5.32 Å². The molecule has 2 heterocycles. The van der Waals surface area contributed by atoms with E-state index >= 15 is 0 Å². The first-order valence-corrected chi connectivity index (χ1v) is 7.81. The molecule has 96 valence electrons. The van der Waals surface area contributed by atoms with E-state index in [4.69, 9.17) is 0 Å². The van der Waals surface area contributed by atoms with Gasteiger partial charge in [-0.15, -0.1) is 11.3 Å². The molecular formula is C11H11Br2N3OS. The molecule has 4 nitrogen and oxygen atoms in total. The van der Waals surface area contributed by atoms with Crippen LogP contribution in [0.2, 0.25) is 0 Å². The number of nitrogens with zero attached hydrogens (tertiary/aromatic N) is 1. The van der Waals surface area contributed by atoms with E-state index in [0.29, 0.717) is 10.7 Å². The van der Waals surface area contributed by atoms with E-state index in [9.17, 15) is 4.79 Å². The summed E-state index contributed by atoms with van der Waals surface area (Å²) in [7, 11) is 0.